The molecule has 0 radical (unpaired) electrons. The first kappa shape index (κ1) is 12.8. The van der Waals surface area contributed by atoms with Crippen LogP contribution >= 0.6 is 0 Å². The number of phenols is 2. The maximum absolute atomic E-state index is 11.9. The molecule has 2 rings (SSSR count). The lowest BCUT2D eigenvalue weighted by atomic mass is 10.1. The highest BCUT2D eigenvalue weighted by molar-refractivity contribution is 5.97. The Hall–Kier alpha value is -2.69. The first-order chi connectivity index (χ1) is 9.06. The van der Waals surface area contributed by atoms with Gasteiger partial charge < -0.3 is 21.3 Å². The number of rotatable bonds is 3. The van der Waals surface area contributed by atoms with Gasteiger partial charge in [0.25, 0.3) is 5.91 Å². The summed E-state index contributed by atoms with van der Waals surface area (Å²) in [6.07, 6.45) is 0. The van der Waals surface area contributed by atoms with E-state index in [1.54, 1.807) is 18.2 Å². The molecule has 5 N–H and O–H groups in total. The van der Waals surface area contributed by atoms with Crippen molar-refractivity contribution in [2.75, 3.05) is 5.73 Å². The molecule has 98 valence electrons. The van der Waals surface area contributed by atoms with Gasteiger partial charge in [0, 0.05) is 12.2 Å². The van der Waals surface area contributed by atoms with Crippen molar-refractivity contribution in [1.29, 1.82) is 0 Å². The van der Waals surface area contributed by atoms with E-state index >= 15 is 0 Å². The molecular weight excluding hydrogens is 244 g/mol. The molecule has 1 amide bonds. The Balaban J connectivity index is 2.07. The van der Waals surface area contributed by atoms with Crippen LogP contribution in [-0.4, -0.2) is 16.1 Å². The molecule has 0 spiro atoms. The Morgan fingerprint density at radius 1 is 1.16 bits per heavy atom. The van der Waals surface area contributed by atoms with Gasteiger partial charge in [0.15, 0.2) is 0 Å². The lowest BCUT2D eigenvalue weighted by Gasteiger charge is -2.07. The summed E-state index contributed by atoms with van der Waals surface area (Å²) < 4.78 is 0. The van der Waals surface area contributed by atoms with Crippen molar-refractivity contribution in [2.24, 2.45) is 0 Å². The molecule has 2 aromatic rings. The first-order valence-electron chi connectivity index (χ1n) is 5.71. The molecule has 5 heteroatoms. The summed E-state index contributed by atoms with van der Waals surface area (Å²) in [4.78, 5) is 11.9. The molecule has 0 aliphatic rings. The highest BCUT2D eigenvalue weighted by Crippen LogP contribution is 2.21. The average molecular weight is 258 g/mol. The van der Waals surface area contributed by atoms with E-state index in [0.29, 0.717) is 12.2 Å². The molecule has 0 heterocycles. The quantitative estimate of drug-likeness (QED) is 0.497. The third-order valence-electron chi connectivity index (χ3n) is 2.63. The second-order valence-corrected chi connectivity index (χ2v) is 4.13. The summed E-state index contributed by atoms with van der Waals surface area (Å²) >= 11 is 0. The third kappa shape index (κ3) is 3.16. The van der Waals surface area contributed by atoms with Crippen LogP contribution < -0.4 is 11.1 Å². The van der Waals surface area contributed by atoms with E-state index in [1.807, 2.05) is 6.07 Å². The summed E-state index contributed by atoms with van der Waals surface area (Å²) in [7, 11) is 0. The third-order valence-corrected chi connectivity index (χ3v) is 2.63. The van der Waals surface area contributed by atoms with E-state index < -0.39 is 5.91 Å². The fourth-order valence-electron chi connectivity index (χ4n) is 1.69. The number of hydrogen-bond acceptors (Lipinski definition) is 4. The van der Waals surface area contributed by atoms with Crippen LogP contribution in [0, 0.1) is 0 Å². The molecule has 0 saturated heterocycles. The minimum Gasteiger partial charge on any atom is -0.508 e. The van der Waals surface area contributed by atoms with E-state index in [0.717, 1.165) is 5.56 Å². The summed E-state index contributed by atoms with van der Waals surface area (Å²) in [6.45, 7) is 0.291. The number of carbonyl (C=O) groups is 1. The molecule has 0 aromatic heterocycles. The molecule has 5 nitrogen and oxygen atoms in total. The summed E-state index contributed by atoms with van der Waals surface area (Å²) in [5, 5.41) is 21.5. The van der Waals surface area contributed by atoms with Gasteiger partial charge in [0.05, 0.1) is 5.56 Å². The van der Waals surface area contributed by atoms with Crippen molar-refractivity contribution in [3.63, 3.8) is 0 Å². The molecule has 0 unspecified atom stereocenters. The topological polar surface area (TPSA) is 95.6 Å². The van der Waals surface area contributed by atoms with Crippen LogP contribution in [0.15, 0.2) is 42.5 Å². The molecule has 19 heavy (non-hydrogen) atoms. The molecule has 0 saturated carbocycles. The average Bonchev–Trinajstić information content (AvgIpc) is 2.39. The number of aromatic hydroxyl groups is 2. The van der Waals surface area contributed by atoms with Gasteiger partial charge in [-0.1, -0.05) is 12.1 Å². The van der Waals surface area contributed by atoms with Crippen LogP contribution in [-0.2, 0) is 6.54 Å². The predicted octanol–water partition coefficient (Wildman–Crippen LogP) is 1.61. The number of anilines is 1. The van der Waals surface area contributed by atoms with Crippen molar-refractivity contribution < 1.29 is 15.0 Å². The van der Waals surface area contributed by atoms with E-state index in [2.05, 4.69) is 5.32 Å². The maximum Gasteiger partial charge on any atom is 0.255 e. The van der Waals surface area contributed by atoms with Crippen LogP contribution in [0.4, 0.5) is 5.69 Å². The molecule has 0 bridgehead atoms. The normalized spacial score (nSPS) is 10.1. The molecule has 0 aliphatic carbocycles. The standard InChI is InChI=1S/C14H14N2O3/c15-10-3-1-2-9(6-10)8-16-14(19)12-7-11(17)4-5-13(12)18/h1-7,17-18H,8,15H2,(H,16,19). The van der Waals surface area contributed by atoms with Gasteiger partial charge in [-0.05, 0) is 35.9 Å². The minimum atomic E-state index is -0.462. The largest absolute Gasteiger partial charge is 0.508 e. The lowest BCUT2D eigenvalue weighted by Crippen LogP contribution is -2.22. The lowest BCUT2D eigenvalue weighted by molar-refractivity contribution is 0.0948. The summed E-state index contributed by atoms with van der Waals surface area (Å²) in [6, 6.07) is 10.9. The van der Waals surface area contributed by atoms with Gasteiger partial charge in [-0.25, -0.2) is 0 Å². The van der Waals surface area contributed by atoms with Gasteiger partial charge in [0.1, 0.15) is 11.5 Å². The van der Waals surface area contributed by atoms with E-state index in [9.17, 15) is 15.0 Å². The van der Waals surface area contributed by atoms with Crippen LogP contribution in [0.25, 0.3) is 0 Å². The molecule has 2 aromatic carbocycles. The zero-order chi connectivity index (χ0) is 13.8. The number of amides is 1. The predicted molar refractivity (Wildman–Crippen MR) is 71.8 cm³/mol. The SMILES string of the molecule is Nc1cccc(CNC(=O)c2cc(O)ccc2O)c1. The van der Waals surface area contributed by atoms with Gasteiger partial charge >= 0.3 is 0 Å². The molecule has 0 aliphatic heterocycles. The van der Waals surface area contributed by atoms with Crippen molar-refractivity contribution in [2.45, 2.75) is 6.54 Å². The second kappa shape index (κ2) is 5.30. The monoisotopic (exact) mass is 258 g/mol. The van der Waals surface area contributed by atoms with Crippen LogP contribution in [0.2, 0.25) is 0 Å². The van der Waals surface area contributed by atoms with Crippen molar-refractivity contribution in [3.8, 4) is 11.5 Å². The minimum absolute atomic E-state index is 0.0314. The van der Waals surface area contributed by atoms with Gasteiger partial charge in [-0.3, -0.25) is 4.79 Å². The summed E-state index contributed by atoms with van der Waals surface area (Å²) in [5.74, 6) is -0.717. The first-order valence-corrected chi connectivity index (χ1v) is 5.71. The highest BCUT2D eigenvalue weighted by atomic mass is 16.3. The van der Waals surface area contributed by atoms with E-state index in [4.69, 9.17) is 5.73 Å². The van der Waals surface area contributed by atoms with Crippen LogP contribution in [0.3, 0.4) is 0 Å². The summed E-state index contributed by atoms with van der Waals surface area (Å²) in [5.41, 5.74) is 7.14. The van der Waals surface area contributed by atoms with Gasteiger partial charge in [-0.2, -0.15) is 0 Å². The number of benzene rings is 2. The Morgan fingerprint density at radius 3 is 2.68 bits per heavy atom. The van der Waals surface area contributed by atoms with Crippen LogP contribution in [0.5, 0.6) is 11.5 Å². The number of hydrogen-bond donors (Lipinski definition) is 4. The molecule has 0 fully saturated rings. The van der Waals surface area contributed by atoms with Gasteiger partial charge in [-0.15, -0.1) is 0 Å². The van der Waals surface area contributed by atoms with E-state index in [1.165, 1.54) is 18.2 Å². The highest BCUT2D eigenvalue weighted by Gasteiger charge is 2.11. The van der Waals surface area contributed by atoms with Crippen molar-refractivity contribution in [3.05, 3.63) is 53.6 Å². The smallest absolute Gasteiger partial charge is 0.255 e. The van der Waals surface area contributed by atoms with Crippen molar-refractivity contribution >= 4 is 11.6 Å². The fraction of sp³-hybridized carbons (Fsp3) is 0.0714. The Bertz CT molecular complexity index is 611. The Kier molecular flexibility index (Phi) is 3.56. The van der Waals surface area contributed by atoms with Gasteiger partial charge in [0.2, 0.25) is 0 Å². The Labute approximate surface area is 110 Å². The molecular formula is C14H14N2O3. The number of nitrogens with one attached hydrogen (secondary N) is 1. The Morgan fingerprint density at radius 2 is 1.95 bits per heavy atom. The molecule has 0 atom stereocenters. The zero-order valence-corrected chi connectivity index (χ0v) is 10.1. The van der Waals surface area contributed by atoms with E-state index in [-0.39, 0.29) is 17.1 Å². The van der Waals surface area contributed by atoms with Crippen molar-refractivity contribution in [1.82, 2.24) is 5.32 Å². The zero-order valence-electron chi connectivity index (χ0n) is 10.1. The number of carbonyl (C=O) groups excluding carboxylic acids is 1. The number of phenolic OH excluding ortho intramolecular Hbond substituents is 2. The number of nitrogens with two attached hydrogens (primary N) is 1. The second-order valence-electron chi connectivity index (χ2n) is 4.13. The fourth-order valence-corrected chi connectivity index (χ4v) is 1.69. The van der Waals surface area contributed by atoms with Crippen LogP contribution in [0.1, 0.15) is 15.9 Å². The maximum atomic E-state index is 11.9. The number of nitrogen functional groups attached to an aromatic ring is 1.